The molecule has 4 heteroatoms. The standard InChI is InChI=1S/C10H10ClIOS/c1-6(13)10(11)7-3-4-9(14-2)8(12)5-7/h3-5,10H,1-2H3. The quantitative estimate of drug-likeness (QED) is 0.472. The predicted molar refractivity (Wildman–Crippen MR) is 70.2 cm³/mol. The van der Waals surface area contributed by atoms with Gasteiger partial charge in [0.2, 0.25) is 0 Å². The first-order valence-corrected chi connectivity index (χ1v) is 6.78. The molecule has 0 saturated heterocycles. The molecule has 0 radical (unpaired) electrons. The normalized spacial score (nSPS) is 12.6. The smallest absolute Gasteiger partial charge is 0.152 e. The van der Waals surface area contributed by atoms with Gasteiger partial charge in [-0.2, -0.15) is 0 Å². The van der Waals surface area contributed by atoms with Gasteiger partial charge in [0.25, 0.3) is 0 Å². The minimum Gasteiger partial charge on any atom is -0.298 e. The van der Waals surface area contributed by atoms with Crippen molar-refractivity contribution in [3.8, 4) is 0 Å². The van der Waals surface area contributed by atoms with E-state index in [4.69, 9.17) is 11.6 Å². The molecule has 1 unspecified atom stereocenters. The lowest BCUT2D eigenvalue weighted by Gasteiger charge is -2.08. The summed E-state index contributed by atoms with van der Waals surface area (Å²) in [4.78, 5) is 12.3. The predicted octanol–water partition coefficient (Wildman–Crippen LogP) is 3.88. The van der Waals surface area contributed by atoms with Crippen LogP contribution in [0.3, 0.4) is 0 Å². The number of Topliss-reactive ketones (excluding diaryl/α,β-unsaturated/α-hetero) is 1. The number of hydrogen-bond donors (Lipinski definition) is 0. The number of rotatable bonds is 3. The van der Waals surface area contributed by atoms with Crippen LogP contribution in [0.2, 0.25) is 0 Å². The topological polar surface area (TPSA) is 17.1 Å². The molecule has 1 rings (SSSR count). The number of alkyl halides is 1. The maximum Gasteiger partial charge on any atom is 0.152 e. The molecule has 0 heterocycles. The van der Waals surface area contributed by atoms with Gasteiger partial charge in [0, 0.05) is 8.47 Å². The molecule has 0 saturated carbocycles. The Morgan fingerprint density at radius 1 is 1.57 bits per heavy atom. The fourth-order valence-corrected chi connectivity index (χ4v) is 2.87. The third-order valence-corrected chi connectivity index (χ3v) is 4.44. The highest BCUT2D eigenvalue weighted by Gasteiger charge is 2.13. The first-order valence-electron chi connectivity index (χ1n) is 4.04. The molecular weight excluding hydrogens is 331 g/mol. The third-order valence-electron chi connectivity index (χ3n) is 1.83. The molecule has 1 aromatic carbocycles. The van der Waals surface area contributed by atoms with E-state index >= 15 is 0 Å². The number of carbonyl (C=O) groups excluding carboxylic acids is 1. The van der Waals surface area contributed by atoms with Gasteiger partial charge in [-0.15, -0.1) is 23.4 Å². The van der Waals surface area contributed by atoms with E-state index in [2.05, 4.69) is 22.6 Å². The van der Waals surface area contributed by atoms with Gasteiger partial charge in [-0.05, 0) is 53.5 Å². The lowest BCUT2D eigenvalue weighted by molar-refractivity contribution is -0.116. The highest BCUT2D eigenvalue weighted by molar-refractivity contribution is 14.1. The van der Waals surface area contributed by atoms with Crippen LogP contribution >= 0.6 is 46.0 Å². The van der Waals surface area contributed by atoms with Gasteiger partial charge in [0.15, 0.2) is 5.78 Å². The third kappa shape index (κ3) is 2.87. The van der Waals surface area contributed by atoms with Crippen molar-refractivity contribution in [3.05, 3.63) is 27.3 Å². The molecule has 1 atom stereocenters. The Morgan fingerprint density at radius 2 is 2.21 bits per heavy atom. The van der Waals surface area contributed by atoms with Crippen LogP contribution in [0.25, 0.3) is 0 Å². The summed E-state index contributed by atoms with van der Waals surface area (Å²) in [6, 6.07) is 5.87. The fraction of sp³-hybridized carbons (Fsp3) is 0.300. The fourth-order valence-electron chi connectivity index (χ4n) is 1.07. The summed E-state index contributed by atoms with van der Waals surface area (Å²) in [7, 11) is 0. The van der Waals surface area contributed by atoms with E-state index in [1.54, 1.807) is 11.8 Å². The van der Waals surface area contributed by atoms with Crippen molar-refractivity contribution < 1.29 is 4.79 Å². The van der Waals surface area contributed by atoms with Crippen LogP contribution in [-0.2, 0) is 4.79 Å². The lowest BCUT2D eigenvalue weighted by atomic mass is 10.1. The molecule has 0 spiro atoms. The average molecular weight is 341 g/mol. The second-order valence-corrected chi connectivity index (χ2v) is 5.31. The van der Waals surface area contributed by atoms with Crippen molar-refractivity contribution in [1.82, 2.24) is 0 Å². The van der Waals surface area contributed by atoms with Gasteiger partial charge in [0.05, 0.1) is 0 Å². The number of benzene rings is 1. The minimum atomic E-state index is -0.514. The largest absolute Gasteiger partial charge is 0.298 e. The Kier molecular flexibility index (Phi) is 4.73. The first-order chi connectivity index (χ1) is 6.56. The van der Waals surface area contributed by atoms with Crippen molar-refractivity contribution in [1.29, 1.82) is 0 Å². The van der Waals surface area contributed by atoms with E-state index < -0.39 is 5.38 Å². The van der Waals surface area contributed by atoms with Gasteiger partial charge >= 0.3 is 0 Å². The van der Waals surface area contributed by atoms with Crippen LogP contribution in [0.1, 0.15) is 17.9 Å². The molecule has 0 aliphatic carbocycles. The van der Waals surface area contributed by atoms with Crippen LogP contribution in [0.4, 0.5) is 0 Å². The number of carbonyl (C=O) groups is 1. The summed E-state index contributed by atoms with van der Waals surface area (Å²) < 4.78 is 1.14. The van der Waals surface area contributed by atoms with Crippen LogP contribution in [-0.4, -0.2) is 12.0 Å². The molecule has 14 heavy (non-hydrogen) atoms. The molecule has 0 amide bonds. The zero-order chi connectivity index (χ0) is 10.7. The van der Waals surface area contributed by atoms with Crippen molar-refractivity contribution >= 4 is 51.7 Å². The van der Waals surface area contributed by atoms with E-state index in [9.17, 15) is 4.79 Å². The molecular formula is C10H10ClIOS. The van der Waals surface area contributed by atoms with Crippen LogP contribution in [0, 0.1) is 3.57 Å². The second kappa shape index (κ2) is 5.37. The summed E-state index contributed by atoms with van der Waals surface area (Å²) in [5, 5.41) is -0.514. The van der Waals surface area contributed by atoms with E-state index in [0.29, 0.717) is 0 Å². The first kappa shape index (κ1) is 12.3. The Labute approximate surface area is 107 Å². The van der Waals surface area contributed by atoms with Crippen molar-refractivity contribution in [2.24, 2.45) is 0 Å². The van der Waals surface area contributed by atoms with Gasteiger partial charge < -0.3 is 0 Å². The highest BCUT2D eigenvalue weighted by atomic mass is 127. The molecule has 0 N–H and O–H groups in total. The molecule has 76 valence electrons. The van der Waals surface area contributed by atoms with Gasteiger partial charge in [-0.25, -0.2) is 0 Å². The Balaban J connectivity index is 3.02. The monoisotopic (exact) mass is 340 g/mol. The number of hydrogen-bond acceptors (Lipinski definition) is 2. The molecule has 0 bridgehead atoms. The average Bonchev–Trinajstić information content (AvgIpc) is 2.16. The molecule has 0 aliphatic heterocycles. The van der Waals surface area contributed by atoms with Crippen LogP contribution in [0.15, 0.2) is 23.1 Å². The summed E-state index contributed by atoms with van der Waals surface area (Å²) in [5.41, 5.74) is 0.876. The number of ketones is 1. The lowest BCUT2D eigenvalue weighted by Crippen LogP contribution is -2.01. The van der Waals surface area contributed by atoms with Crippen LogP contribution < -0.4 is 0 Å². The second-order valence-electron chi connectivity index (χ2n) is 2.87. The highest BCUT2D eigenvalue weighted by Crippen LogP contribution is 2.28. The van der Waals surface area contributed by atoms with Gasteiger partial charge in [-0.1, -0.05) is 6.07 Å². The summed E-state index contributed by atoms with van der Waals surface area (Å²) in [5.74, 6) is -0.0145. The number of halogens is 2. The zero-order valence-corrected chi connectivity index (χ0v) is 11.6. The zero-order valence-electron chi connectivity index (χ0n) is 7.88. The Hall–Kier alpha value is 0.260. The maximum atomic E-state index is 11.1. The van der Waals surface area contributed by atoms with E-state index in [-0.39, 0.29) is 5.78 Å². The molecule has 1 nitrogen and oxygen atoms in total. The molecule has 0 aromatic heterocycles. The minimum absolute atomic E-state index is 0.0145. The molecule has 0 aliphatic rings. The molecule has 1 aromatic rings. The van der Waals surface area contributed by atoms with Crippen molar-refractivity contribution in [2.45, 2.75) is 17.2 Å². The van der Waals surface area contributed by atoms with Gasteiger partial charge in [0.1, 0.15) is 5.38 Å². The van der Waals surface area contributed by atoms with Crippen molar-refractivity contribution in [3.63, 3.8) is 0 Å². The van der Waals surface area contributed by atoms with E-state index in [1.165, 1.54) is 11.8 Å². The summed E-state index contributed by atoms with van der Waals surface area (Å²) in [6.45, 7) is 1.51. The van der Waals surface area contributed by atoms with E-state index in [0.717, 1.165) is 9.13 Å². The SMILES string of the molecule is CSc1ccc(C(Cl)C(C)=O)cc1I. The number of thioether (sulfide) groups is 1. The maximum absolute atomic E-state index is 11.1. The van der Waals surface area contributed by atoms with E-state index in [1.807, 2.05) is 24.5 Å². The van der Waals surface area contributed by atoms with Crippen LogP contribution in [0.5, 0.6) is 0 Å². The van der Waals surface area contributed by atoms with Crippen molar-refractivity contribution in [2.75, 3.05) is 6.26 Å². The summed E-state index contributed by atoms with van der Waals surface area (Å²) in [6.07, 6.45) is 2.03. The summed E-state index contributed by atoms with van der Waals surface area (Å²) >= 11 is 9.89. The Bertz CT molecular complexity index is 354. The Morgan fingerprint density at radius 3 is 2.64 bits per heavy atom. The van der Waals surface area contributed by atoms with Gasteiger partial charge in [-0.3, -0.25) is 4.79 Å². The molecule has 0 fully saturated rings.